The van der Waals surface area contributed by atoms with Gasteiger partial charge in [0.05, 0.1) is 17.6 Å². The van der Waals surface area contributed by atoms with Crippen molar-refractivity contribution in [3.63, 3.8) is 0 Å². The van der Waals surface area contributed by atoms with Crippen LogP contribution < -0.4 is 10.1 Å². The Kier molecular flexibility index (Phi) is 4.04. The van der Waals surface area contributed by atoms with Crippen LogP contribution in [0.2, 0.25) is 0 Å². The molecule has 2 aromatic rings. The van der Waals surface area contributed by atoms with Crippen molar-refractivity contribution < 1.29 is 19.7 Å². The fourth-order valence-corrected chi connectivity index (χ4v) is 2.66. The van der Waals surface area contributed by atoms with E-state index in [9.17, 15) is 10.1 Å². The number of rotatable bonds is 4. The minimum absolute atomic E-state index is 0.0873. The van der Waals surface area contributed by atoms with E-state index in [0.29, 0.717) is 0 Å². The Bertz CT molecular complexity index is 672. The van der Waals surface area contributed by atoms with E-state index in [1.54, 1.807) is 19.2 Å². The van der Waals surface area contributed by atoms with E-state index in [1.165, 1.54) is 12.1 Å². The highest BCUT2D eigenvalue weighted by atomic mass is 16.6. The average molecular weight is 301 g/mol. The van der Waals surface area contributed by atoms with Gasteiger partial charge in [-0.25, -0.2) is 0 Å². The molecule has 0 unspecified atom stereocenters. The number of quaternary nitrogens is 1. The molecule has 2 N–H and O–H groups in total. The Morgan fingerprint density at radius 1 is 1.23 bits per heavy atom. The van der Waals surface area contributed by atoms with Gasteiger partial charge in [0.2, 0.25) is 6.23 Å². The summed E-state index contributed by atoms with van der Waals surface area (Å²) < 4.78 is 11.4. The maximum Gasteiger partial charge on any atom is 0.269 e. The van der Waals surface area contributed by atoms with Crippen LogP contribution in [0.5, 0.6) is 5.75 Å². The highest BCUT2D eigenvalue weighted by molar-refractivity contribution is 5.36. The normalized spacial score (nSPS) is 20.8. The molecule has 114 valence electrons. The van der Waals surface area contributed by atoms with Crippen LogP contribution in [0.4, 0.5) is 5.69 Å². The highest BCUT2D eigenvalue weighted by Crippen LogP contribution is 2.31. The number of para-hydroxylation sites is 1. The molecule has 1 saturated heterocycles. The van der Waals surface area contributed by atoms with Crippen LogP contribution in [-0.2, 0) is 4.74 Å². The lowest BCUT2D eigenvalue weighted by Gasteiger charge is -2.12. The van der Waals surface area contributed by atoms with Crippen LogP contribution in [0.1, 0.15) is 23.5 Å². The van der Waals surface area contributed by atoms with Gasteiger partial charge in [-0.1, -0.05) is 12.1 Å². The van der Waals surface area contributed by atoms with E-state index in [2.05, 4.69) is 5.32 Å². The van der Waals surface area contributed by atoms with Crippen molar-refractivity contribution in [1.29, 1.82) is 0 Å². The van der Waals surface area contributed by atoms with E-state index < -0.39 is 4.92 Å². The van der Waals surface area contributed by atoms with Gasteiger partial charge in [0.25, 0.3) is 5.69 Å². The number of nitro groups is 1. The molecule has 0 bridgehead atoms. The van der Waals surface area contributed by atoms with Crippen LogP contribution in [0.15, 0.2) is 48.5 Å². The molecular formula is C16H17N2O4+. The molecule has 6 nitrogen and oxygen atoms in total. The molecule has 1 aliphatic rings. The number of benzene rings is 2. The lowest BCUT2D eigenvalue weighted by molar-refractivity contribution is -0.698. The summed E-state index contributed by atoms with van der Waals surface area (Å²) in [7, 11) is 1.64. The zero-order valence-corrected chi connectivity index (χ0v) is 12.1. The number of nitrogens with two attached hydrogens (primary N) is 1. The SMILES string of the molecule is COc1ccccc1[C@H]1[NH2+]C[C@H](c2ccc([N+](=O)[O-])cc2)O1. The first-order valence-electron chi connectivity index (χ1n) is 7.05. The Morgan fingerprint density at radius 2 is 1.95 bits per heavy atom. The number of nitro benzene ring substituents is 1. The summed E-state index contributed by atoms with van der Waals surface area (Å²) in [6.45, 7) is 0.764. The molecule has 1 fully saturated rings. The lowest BCUT2D eigenvalue weighted by Crippen LogP contribution is -2.82. The standard InChI is InChI=1S/C16H16N2O4/c1-21-14-5-3-2-4-13(14)16-17-10-15(22-16)11-6-8-12(9-7-11)18(19)20/h2-9,15-17H,10H2,1H3/p+1/t15-,16+/m1/s1. The summed E-state index contributed by atoms with van der Waals surface area (Å²) in [6, 6.07) is 14.3. The number of non-ortho nitro benzene ring substituents is 1. The minimum Gasteiger partial charge on any atom is -0.496 e. The molecule has 1 aliphatic heterocycles. The summed E-state index contributed by atoms with van der Waals surface area (Å²) in [5, 5.41) is 12.8. The van der Waals surface area contributed by atoms with Crippen LogP contribution in [-0.4, -0.2) is 18.6 Å². The van der Waals surface area contributed by atoms with E-state index in [1.807, 2.05) is 24.3 Å². The molecule has 0 radical (unpaired) electrons. The molecule has 22 heavy (non-hydrogen) atoms. The van der Waals surface area contributed by atoms with Crippen molar-refractivity contribution in [1.82, 2.24) is 0 Å². The van der Waals surface area contributed by atoms with Gasteiger partial charge in [-0.2, -0.15) is 0 Å². The fraction of sp³-hybridized carbons (Fsp3) is 0.250. The van der Waals surface area contributed by atoms with Crippen LogP contribution in [0, 0.1) is 10.1 Å². The van der Waals surface area contributed by atoms with Crippen molar-refractivity contribution in [3.05, 3.63) is 69.8 Å². The Morgan fingerprint density at radius 3 is 2.64 bits per heavy atom. The van der Waals surface area contributed by atoms with Crippen molar-refractivity contribution in [2.45, 2.75) is 12.3 Å². The maximum absolute atomic E-state index is 10.7. The van der Waals surface area contributed by atoms with E-state index in [-0.39, 0.29) is 18.0 Å². The van der Waals surface area contributed by atoms with Crippen LogP contribution >= 0.6 is 0 Å². The van der Waals surface area contributed by atoms with Crippen molar-refractivity contribution in [3.8, 4) is 5.75 Å². The molecule has 6 heteroatoms. The van der Waals surface area contributed by atoms with Gasteiger partial charge in [0, 0.05) is 12.1 Å². The molecule has 0 saturated carbocycles. The number of ether oxygens (including phenoxy) is 2. The molecule has 2 aromatic carbocycles. The van der Waals surface area contributed by atoms with E-state index in [0.717, 1.165) is 23.4 Å². The number of nitrogens with zero attached hydrogens (tertiary/aromatic N) is 1. The van der Waals surface area contributed by atoms with E-state index in [4.69, 9.17) is 9.47 Å². The second-order valence-corrected chi connectivity index (χ2v) is 5.11. The largest absolute Gasteiger partial charge is 0.496 e. The summed E-state index contributed by atoms with van der Waals surface area (Å²) in [5.74, 6) is 0.799. The van der Waals surface area contributed by atoms with Gasteiger partial charge in [0.1, 0.15) is 18.4 Å². The second-order valence-electron chi connectivity index (χ2n) is 5.11. The summed E-state index contributed by atoms with van der Waals surface area (Å²) in [6.07, 6.45) is -0.216. The first-order valence-corrected chi connectivity index (χ1v) is 7.05. The summed E-state index contributed by atoms with van der Waals surface area (Å²) in [5.41, 5.74) is 2.03. The lowest BCUT2D eigenvalue weighted by atomic mass is 10.1. The molecule has 1 heterocycles. The van der Waals surface area contributed by atoms with Gasteiger partial charge in [-0.3, -0.25) is 10.1 Å². The second kappa shape index (κ2) is 6.13. The smallest absolute Gasteiger partial charge is 0.269 e. The zero-order chi connectivity index (χ0) is 15.5. The first kappa shape index (κ1) is 14.5. The molecular weight excluding hydrogens is 284 g/mol. The van der Waals surface area contributed by atoms with Crippen LogP contribution in [0.25, 0.3) is 0 Å². The third-order valence-electron chi connectivity index (χ3n) is 3.80. The number of hydrogen-bond acceptors (Lipinski definition) is 4. The Balaban J connectivity index is 1.76. The van der Waals surface area contributed by atoms with Crippen LogP contribution in [0.3, 0.4) is 0 Å². The first-order chi connectivity index (χ1) is 10.7. The molecule has 0 amide bonds. The average Bonchev–Trinajstić information content (AvgIpc) is 3.04. The van der Waals surface area contributed by atoms with Crippen molar-refractivity contribution in [2.24, 2.45) is 0 Å². The molecule has 0 aromatic heterocycles. The fourth-order valence-electron chi connectivity index (χ4n) is 2.66. The third-order valence-corrected chi connectivity index (χ3v) is 3.80. The number of hydrogen-bond donors (Lipinski definition) is 1. The maximum atomic E-state index is 10.7. The zero-order valence-electron chi connectivity index (χ0n) is 12.1. The van der Waals surface area contributed by atoms with Gasteiger partial charge in [-0.15, -0.1) is 0 Å². The molecule has 0 aliphatic carbocycles. The molecule has 0 spiro atoms. The minimum atomic E-state index is -0.400. The molecule has 3 rings (SSSR count). The Hall–Kier alpha value is -2.44. The Labute approximate surface area is 127 Å². The van der Waals surface area contributed by atoms with Gasteiger partial charge >= 0.3 is 0 Å². The number of methoxy groups -OCH3 is 1. The highest BCUT2D eigenvalue weighted by Gasteiger charge is 2.32. The van der Waals surface area contributed by atoms with Gasteiger partial charge in [0.15, 0.2) is 0 Å². The topological polar surface area (TPSA) is 78.2 Å². The summed E-state index contributed by atoms with van der Waals surface area (Å²) >= 11 is 0. The van der Waals surface area contributed by atoms with Crippen molar-refractivity contribution in [2.75, 3.05) is 13.7 Å². The van der Waals surface area contributed by atoms with E-state index >= 15 is 0 Å². The van der Waals surface area contributed by atoms with Crippen molar-refractivity contribution >= 4 is 5.69 Å². The quantitative estimate of drug-likeness (QED) is 0.691. The predicted octanol–water partition coefficient (Wildman–Crippen LogP) is 1.94. The summed E-state index contributed by atoms with van der Waals surface area (Å²) in [4.78, 5) is 10.3. The molecule has 2 atom stereocenters. The van der Waals surface area contributed by atoms with Gasteiger partial charge < -0.3 is 14.8 Å². The third kappa shape index (κ3) is 2.79. The predicted molar refractivity (Wildman–Crippen MR) is 79.4 cm³/mol. The monoisotopic (exact) mass is 301 g/mol. The van der Waals surface area contributed by atoms with Gasteiger partial charge in [-0.05, 0) is 29.8 Å².